The molecule has 2 rings (SSSR count). The van der Waals surface area contributed by atoms with Crippen molar-refractivity contribution in [1.82, 2.24) is 4.90 Å². The van der Waals surface area contributed by atoms with Gasteiger partial charge in [-0.25, -0.2) is 4.79 Å². The summed E-state index contributed by atoms with van der Waals surface area (Å²) in [6.07, 6.45) is 1.07. The average molecular weight is 275 g/mol. The van der Waals surface area contributed by atoms with Crippen LogP contribution in [-0.4, -0.2) is 35.8 Å². The minimum Gasteiger partial charge on any atom is -0.463 e. The van der Waals surface area contributed by atoms with Crippen molar-refractivity contribution in [2.45, 2.75) is 32.2 Å². The first-order valence-corrected chi connectivity index (χ1v) is 6.84. The minimum atomic E-state index is -0.668. The maximum absolute atomic E-state index is 12.0. The Bertz CT molecular complexity index is 474. The fourth-order valence-corrected chi connectivity index (χ4v) is 2.33. The van der Waals surface area contributed by atoms with Crippen molar-refractivity contribution in [1.29, 1.82) is 0 Å². The molecule has 2 unspecified atom stereocenters. The van der Waals surface area contributed by atoms with Crippen molar-refractivity contribution in [2.75, 3.05) is 13.2 Å². The van der Waals surface area contributed by atoms with Gasteiger partial charge in [0.2, 0.25) is 6.23 Å². The van der Waals surface area contributed by atoms with E-state index in [0.717, 1.165) is 5.56 Å². The first-order valence-electron chi connectivity index (χ1n) is 6.84. The number of esters is 1. The first kappa shape index (κ1) is 14.8. The molecule has 1 aliphatic rings. The number of rotatable bonds is 5. The SMILES string of the molecule is C=CC1(C)CN(Cc2ccccc2)C(C(=O)OCC)O1. The quantitative estimate of drug-likeness (QED) is 0.611. The van der Waals surface area contributed by atoms with E-state index in [1.807, 2.05) is 42.2 Å². The van der Waals surface area contributed by atoms with E-state index in [-0.39, 0.29) is 5.97 Å². The normalized spacial score (nSPS) is 26.4. The molecule has 108 valence electrons. The van der Waals surface area contributed by atoms with E-state index in [2.05, 4.69) is 6.58 Å². The molecule has 0 bridgehead atoms. The zero-order chi connectivity index (χ0) is 14.6. The molecule has 0 spiro atoms. The molecule has 2 atom stereocenters. The van der Waals surface area contributed by atoms with Gasteiger partial charge in [-0.2, -0.15) is 0 Å². The Balaban J connectivity index is 2.14. The van der Waals surface area contributed by atoms with E-state index in [1.165, 1.54) is 0 Å². The van der Waals surface area contributed by atoms with E-state index in [9.17, 15) is 4.79 Å². The Morgan fingerprint density at radius 2 is 2.25 bits per heavy atom. The molecule has 0 N–H and O–H groups in total. The van der Waals surface area contributed by atoms with Gasteiger partial charge in [-0.15, -0.1) is 6.58 Å². The summed E-state index contributed by atoms with van der Waals surface area (Å²) >= 11 is 0. The van der Waals surface area contributed by atoms with E-state index >= 15 is 0 Å². The van der Waals surface area contributed by atoms with E-state index in [4.69, 9.17) is 9.47 Å². The number of hydrogen-bond donors (Lipinski definition) is 0. The van der Waals surface area contributed by atoms with Crippen LogP contribution in [0.15, 0.2) is 43.0 Å². The second kappa shape index (κ2) is 6.20. The first-order chi connectivity index (χ1) is 9.58. The minimum absolute atomic E-state index is 0.339. The van der Waals surface area contributed by atoms with Crippen molar-refractivity contribution >= 4 is 5.97 Å². The van der Waals surface area contributed by atoms with Gasteiger partial charge in [-0.05, 0) is 19.4 Å². The molecule has 20 heavy (non-hydrogen) atoms. The van der Waals surface area contributed by atoms with Gasteiger partial charge in [-0.1, -0.05) is 36.4 Å². The smallest absolute Gasteiger partial charge is 0.350 e. The molecule has 1 aromatic carbocycles. The second-order valence-corrected chi connectivity index (χ2v) is 5.13. The zero-order valence-electron chi connectivity index (χ0n) is 12.0. The summed E-state index contributed by atoms with van der Waals surface area (Å²) in [6, 6.07) is 10.0. The second-order valence-electron chi connectivity index (χ2n) is 5.13. The van der Waals surface area contributed by atoms with Crippen LogP contribution in [0.3, 0.4) is 0 Å². The predicted molar refractivity (Wildman–Crippen MR) is 77.0 cm³/mol. The summed E-state index contributed by atoms with van der Waals surface area (Å²) in [5, 5.41) is 0. The third kappa shape index (κ3) is 3.26. The Morgan fingerprint density at radius 1 is 1.55 bits per heavy atom. The highest BCUT2D eigenvalue weighted by Gasteiger charge is 2.44. The van der Waals surface area contributed by atoms with Gasteiger partial charge >= 0.3 is 5.97 Å². The molecule has 1 saturated heterocycles. The van der Waals surface area contributed by atoms with Crippen molar-refractivity contribution in [3.63, 3.8) is 0 Å². The molecular formula is C16H21NO3. The van der Waals surface area contributed by atoms with Gasteiger partial charge in [0.1, 0.15) is 0 Å². The maximum atomic E-state index is 12.0. The fraction of sp³-hybridized carbons (Fsp3) is 0.438. The molecule has 1 heterocycles. The molecule has 1 aromatic rings. The summed E-state index contributed by atoms with van der Waals surface area (Å²) in [7, 11) is 0. The highest BCUT2D eigenvalue weighted by atomic mass is 16.6. The number of ether oxygens (including phenoxy) is 2. The van der Waals surface area contributed by atoms with Crippen LogP contribution in [0.2, 0.25) is 0 Å². The highest BCUT2D eigenvalue weighted by Crippen LogP contribution is 2.29. The zero-order valence-corrected chi connectivity index (χ0v) is 12.0. The standard InChI is InChI=1S/C16H21NO3/c1-4-16(3)12-17(11-13-9-7-6-8-10-13)14(20-16)15(18)19-5-2/h4,6-10,14H,1,5,11-12H2,2-3H3. The van der Waals surface area contributed by atoms with Crippen LogP contribution in [0, 0.1) is 0 Å². The van der Waals surface area contributed by atoms with Gasteiger partial charge in [0.05, 0.1) is 12.2 Å². The largest absolute Gasteiger partial charge is 0.463 e. The molecule has 4 nitrogen and oxygen atoms in total. The summed E-state index contributed by atoms with van der Waals surface area (Å²) in [4.78, 5) is 14.0. The van der Waals surface area contributed by atoms with Crippen LogP contribution in [0.25, 0.3) is 0 Å². The van der Waals surface area contributed by atoms with Crippen molar-refractivity contribution in [3.05, 3.63) is 48.6 Å². The highest BCUT2D eigenvalue weighted by molar-refractivity contribution is 5.74. The Hall–Kier alpha value is -1.65. The van der Waals surface area contributed by atoms with Crippen LogP contribution < -0.4 is 0 Å². The fourth-order valence-electron chi connectivity index (χ4n) is 2.33. The molecule has 1 fully saturated rings. The lowest BCUT2D eigenvalue weighted by molar-refractivity contribution is -0.165. The number of benzene rings is 1. The van der Waals surface area contributed by atoms with Gasteiger partial charge in [0.15, 0.2) is 0 Å². The topological polar surface area (TPSA) is 38.8 Å². The molecule has 0 aromatic heterocycles. The molecule has 0 radical (unpaired) electrons. The predicted octanol–water partition coefficient (Wildman–Crippen LogP) is 2.35. The Kier molecular flexibility index (Phi) is 4.57. The molecule has 0 amide bonds. The van der Waals surface area contributed by atoms with Gasteiger partial charge in [0, 0.05) is 13.1 Å². The van der Waals surface area contributed by atoms with Crippen molar-refractivity contribution in [3.8, 4) is 0 Å². The number of hydrogen-bond acceptors (Lipinski definition) is 4. The van der Waals surface area contributed by atoms with E-state index < -0.39 is 11.8 Å². The molecule has 4 heteroatoms. The summed E-state index contributed by atoms with van der Waals surface area (Å²) in [5.74, 6) is -0.339. The Labute approximate surface area is 120 Å². The van der Waals surface area contributed by atoms with Crippen LogP contribution >= 0.6 is 0 Å². The van der Waals surface area contributed by atoms with Crippen LogP contribution in [-0.2, 0) is 20.8 Å². The number of carbonyl (C=O) groups is 1. The van der Waals surface area contributed by atoms with Crippen LogP contribution in [0.5, 0.6) is 0 Å². The third-order valence-corrected chi connectivity index (χ3v) is 3.38. The summed E-state index contributed by atoms with van der Waals surface area (Å²) < 4.78 is 10.9. The monoisotopic (exact) mass is 275 g/mol. The van der Waals surface area contributed by atoms with Crippen molar-refractivity contribution in [2.24, 2.45) is 0 Å². The number of carbonyl (C=O) groups excluding carboxylic acids is 1. The molecule has 0 saturated carbocycles. The Morgan fingerprint density at radius 3 is 2.85 bits per heavy atom. The molecule has 0 aliphatic carbocycles. The lowest BCUT2D eigenvalue weighted by atomic mass is 10.1. The lowest BCUT2D eigenvalue weighted by Crippen LogP contribution is -2.37. The summed E-state index contributed by atoms with van der Waals surface area (Å²) in [6.45, 7) is 9.13. The van der Waals surface area contributed by atoms with E-state index in [1.54, 1.807) is 13.0 Å². The van der Waals surface area contributed by atoms with Crippen LogP contribution in [0.1, 0.15) is 19.4 Å². The number of nitrogens with zero attached hydrogens (tertiary/aromatic N) is 1. The average Bonchev–Trinajstić information content (AvgIpc) is 2.78. The summed E-state index contributed by atoms with van der Waals surface area (Å²) in [5.41, 5.74) is 0.616. The lowest BCUT2D eigenvalue weighted by Gasteiger charge is -2.20. The third-order valence-electron chi connectivity index (χ3n) is 3.38. The molecule has 1 aliphatic heterocycles. The van der Waals surface area contributed by atoms with Gasteiger partial charge in [0.25, 0.3) is 0 Å². The molecular weight excluding hydrogens is 254 g/mol. The van der Waals surface area contributed by atoms with Crippen molar-refractivity contribution < 1.29 is 14.3 Å². The van der Waals surface area contributed by atoms with Gasteiger partial charge in [-0.3, -0.25) is 4.90 Å². The maximum Gasteiger partial charge on any atom is 0.350 e. The van der Waals surface area contributed by atoms with Gasteiger partial charge < -0.3 is 9.47 Å². The van der Waals surface area contributed by atoms with Crippen LogP contribution in [0.4, 0.5) is 0 Å². The van der Waals surface area contributed by atoms with E-state index in [0.29, 0.717) is 19.7 Å².